The van der Waals surface area contributed by atoms with E-state index in [1.165, 1.54) is 16.7 Å². The highest BCUT2D eigenvalue weighted by molar-refractivity contribution is 5.64. The first-order valence-corrected chi connectivity index (χ1v) is 11.5. The summed E-state index contributed by atoms with van der Waals surface area (Å²) in [6.07, 6.45) is -1.000. The molecule has 0 aliphatic carbocycles. The van der Waals surface area contributed by atoms with E-state index in [1.807, 2.05) is 18.2 Å². The average molecular weight is 446 g/mol. The van der Waals surface area contributed by atoms with Crippen molar-refractivity contribution < 1.29 is 9.90 Å². The molecule has 0 radical (unpaired) electrons. The lowest BCUT2D eigenvalue weighted by molar-refractivity contribution is 0.187. The molecule has 5 nitrogen and oxygen atoms in total. The molecule has 174 valence electrons. The molecule has 0 spiro atoms. The molecule has 0 aromatic heterocycles. The summed E-state index contributed by atoms with van der Waals surface area (Å²) in [5.41, 5.74) is 2.91. The zero-order valence-corrected chi connectivity index (χ0v) is 19.7. The summed E-state index contributed by atoms with van der Waals surface area (Å²) in [5, 5.41) is 19.0. The first-order chi connectivity index (χ1) is 15.8. The fourth-order valence-corrected chi connectivity index (χ4v) is 4.24. The van der Waals surface area contributed by atoms with Gasteiger partial charge in [-0.05, 0) is 22.1 Å². The van der Waals surface area contributed by atoms with Crippen molar-refractivity contribution in [2.24, 2.45) is 5.41 Å². The summed E-state index contributed by atoms with van der Waals surface area (Å²) in [7, 11) is 0. The number of carbonyl (C=O) groups is 1. The quantitative estimate of drug-likeness (QED) is 0.266. The van der Waals surface area contributed by atoms with E-state index in [4.69, 9.17) is 5.11 Å². The van der Waals surface area contributed by atoms with Gasteiger partial charge in [-0.3, -0.25) is 5.32 Å². The standard InChI is InChI=1S/C28H35N3O2/c1-27(2,3)25(21-30-26(32)33)29-19-20-31-28(22-13-7-4-8-14-22,23-15-9-5-10-16-23)24-17-11-6-12-18-24/h4-18,25,29-31H,19-21H2,1-3H3,(H,32,33). The minimum Gasteiger partial charge on any atom is -0.465 e. The fraction of sp³-hybridized carbons (Fsp3) is 0.321. The second-order valence-corrected chi connectivity index (χ2v) is 9.33. The fourth-order valence-electron chi connectivity index (χ4n) is 4.24. The van der Waals surface area contributed by atoms with Crippen LogP contribution < -0.4 is 16.0 Å². The summed E-state index contributed by atoms with van der Waals surface area (Å²) in [6.45, 7) is 8.09. The Labute approximate surface area is 197 Å². The van der Waals surface area contributed by atoms with E-state index < -0.39 is 11.6 Å². The Hall–Kier alpha value is -3.15. The summed E-state index contributed by atoms with van der Waals surface area (Å²) in [6, 6.07) is 31.5. The predicted molar refractivity (Wildman–Crippen MR) is 134 cm³/mol. The van der Waals surface area contributed by atoms with Gasteiger partial charge in [-0.25, -0.2) is 4.79 Å². The topological polar surface area (TPSA) is 73.4 Å². The lowest BCUT2D eigenvalue weighted by Gasteiger charge is -2.38. The molecular formula is C28H35N3O2. The van der Waals surface area contributed by atoms with E-state index in [0.717, 1.165) is 0 Å². The molecule has 5 heteroatoms. The Balaban J connectivity index is 1.89. The number of amides is 1. The summed E-state index contributed by atoms with van der Waals surface area (Å²) in [4.78, 5) is 11.0. The maximum atomic E-state index is 11.0. The van der Waals surface area contributed by atoms with E-state index in [1.54, 1.807) is 0 Å². The van der Waals surface area contributed by atoms with Gasteiger partial charge < -0.3 is 15.7 Å². The zero-order chi connectivity index (χ0) is 23.7. The Morgan fingerprint density at radius 2 is 1.18 bits per heavy atom. The molecule has 0 fully saturated rings. The van der Waals surface area contributed by atoms with E-state index in [2.05, 4.69) is 110 Å². The van der Waals surface area contributed by atoms with Crippen LogP contribution in [0.15, 0.2) is 91.0 Å². The molecule has 0 bridgehead atoms. The first kappa shape index (κ1) is 24.5. The third-order valence-electron chi connectivity index (χ3n) is 6.03. The molecule has 3 aromatic rings. The summed E-state index contributed by atoms with van der Waals surface area (Å²) in [5.74, 6) is 0. The molecule has 1 unspecified atom stereocenters. The molecule has 33 heavy (non-hydrogen) atoms. The lowest BCUT2D eigenvalue weighted by atomic mass is 9.77. The smallest absolute Gasteiger partial charge is 0.404 e. The molecule has 0 saturated carbocycles. The van der Waals surface area contributed by atoms with Gasteiger partial charge in [0.25, 0.3) is 0 Å². The van der Waals surface area contributed by atoms with Crippen LogP contribution in [0.5, 0.6) is 0 Å². The van der Waals surface area contributed by atoms with E-state index in [9.17, 15) is 4.79 Å². The molecule has 1 amide bonds. The van der Waals surface area contributed by atoms with Crippen LogP contribution >= 0.6 is 0 Å². The van der Waals surface area contributed by atoms with Crippen LogP contribution in [0.1, 0.15) is 37.5 Å². The Bertz CT molecular complexity index is 889. The number of hydrogen-bond acceptors (Lipinski definition) is 3. The second kappa shape index (κ2) is 11.1. The van der Waals surface area contributed by atoms with Crippen molar-refractivity contribution in [3.05, 3.63) is 108 Å². The monoisotopic (exact) mass is 445 g/mol. The van der Waals surface area contributed by atoms with Gasteiger partial charge in [-0.15, -0.1) is 0 Å². The summed E-state index contributed by atoms with van der Waals surface area (Å²) >= 11 is 0. The van der Waals surface area contributed by atoms with Crippen LogP contribution in [0.3, 0.4) is 0 Å². The van der Waals surface area contributed by atoms with E-state index in [-0.39, 0.29) is 11.5 Å². The third-order valence-corrected chi connectivity index (χ3v) is 6.03. The molecule has 3 rings (SSSR count). The van der Waals surface area contributed by atoms with Crippen molar-refractivity contribution in [3.63, 3.8) is 0 Å². The van der Waals surface area contributed by atoms with Crippen LogP contribution in [-0.4, -0.2) is 36.9 Å². The number of benzene rings is 3. The van der Waals surface area contributed by atoms with Crippen LogP contribution in [0.2, 0.25) is 0 Å². The van der Waals surface area contributed by atoms with Crippen molar-refractivity contribution >= 4 is 6.09 Å². The maximum Gasteiger partial charge on any atom is 0.404 e. The van der Waals surface area contributed by atoms with Crippen molar-refractivity contribution in [1.82, 2.24) is 16.0 Å². The highest BCUT2D eigenvalue weighted by Crippen LogP contribution is 2.36. The third kappa shape index (κ3) is 6.21. The molecule has 0 aliphatic rings. The number of hydrogen-bond donors (Lipinski definition) is 4. The SMILES string of the molecule is CC(C)(C)C(CNC(=O)O)NCCNC(c1ccccc1)(c1ccccc1)c1ccccc1. The maximum absolute atomic E-state index is 11.0. The predicted octanol–water partition coefficient (Wildman–Crippen LogP) is 4.84. The summed E-state index contributed by atoms with van der Waals surface area (Å²) < 4.78 is 0. The molecule has 0 heterocycles. The highest BCUT2D eigenvalue weighted by atomic mass is 16.4. The minimum absolute atomic E-state index is 0.00924. The number of nitrogens with one attached hydrogen (secondary N) is 3. The van der Waals surface area contributed by atoms with Crippen molar-refractivity contribution in [3.8, 4) is 0 Å². The minimum atomic E-state index is -1.000. The van der Waals surface area contributed by atoms with Gasteiger partial charge in [0.05, 0.1) is 5.54 Å². The molecule has 0 aliphatic heterocycles. The van der Waals surface area contributed by atoms with Crippen LogP contribution in [0.4, 0.5) is 4.79 Å². The normalized spacial score (nSPS) is 12.8. The van der Waals surface area contributed by atoms with E-state index in [0.29, 0.717) is 19.6 Å². The number of carboxylic acid groups (broad SMARTS) is 1. The van der Waals surface area contributed by atoms with Gasteiger partial charge in [0.15, 0.2) is 0 Å². The lowest BCUT2D eigenvalue weighted by Crippen LogP contribution is -2.52. The Morgan fingerprint density at radius 1 is 0.758 bits per heavy atom. The van der Waals surface area contributed by atoms with Gasteiger partial charge in [0, 0.05) is 25.7 Å². The molecule has 0 saturated heterocycles. The van der Waals surface area contributed by atoms with Gasteiger partial charge in [0.1, 0.15) is 0 Å². The van der Waals surface area contributed by atoms with Crippen molar-refractivity contribution in [1.29, 1.82) is 0 Å². The first-order valence-electron chi connectivity index (χ1n) is 11.5. The Kier molecular flexibility index (Phi) is 8.26. The van der Waals surface area contributed by atoms with Crippen LogP contribution in [0, 0.1) is 5.41 Å². The van der Waals surface area contributed by atoms with Crippen molar-refractivity contribution in [2.75, 3.05) is 19.6 Å². The van der Waals surface area contributed by atoms with Gasteiger partial charge >= 0.3 is 6.09 Å². The van der Waals surface area contributed by atoms with Crippen LogP contribution in [0.25, 0.3) is 0 Å². The second-order valence-electron chi connectivity index (χ2n) is 9.33. The number of rotatable bonds is 10. The molecular weight excluding hydrogens is 410 g/mol. The molecule has 3 aromatic carbocycles. The van der Waals surface area contributed by atoms with Gasteiger partial charge in [0.2, 0.25) is 0 Å². The highest BCUT2D eigenvalue weighted by Gasteiger charge is 2.35. The van der Waals surface area contributed by atoms with Gasteiger partial charge in [-0.2, -0.15) is 0 Å². The molecule has 1 atom stereocenters. The zero-order valence-electron chi connectivity index (χ0n) is 19.7. The molecule has 4 N–H and O–H groups in total. The van der Waals surface area contributed by atoms with Crippen LogP contribution in [-0.2, 0) is 5.54 Å². The average Bonchev–Trinajstić information content (AvgIpc) is 2.82. The van der Waals surface area contributed by atoms with E-state index >= 15 is 0 Å². The largest absolute Gasteiger partial charge is 0.465 e. The van der Waals surface area contributed by atoms with Crippen molar-refractivity contribution in [2.45, 2.75) is 32.4 Å². The Morgan fingerprint density at radius 3 is 1.55 bits per heavy atom. The van der Waals surface area contributed by atoms with Gasteiger partial charge in [-0.1, -0.05) is 112 Å².